The van der Waals surface area contributed by atoms with Gasteiger partial charge in [-0.05, 0) is 36.8 Å². The van der Waals surface area contributed by atoms with Crippen LogP contribution in [0.4, 0.5) is 0 Å². The van der Waals surface area contributed by atoms with Crippen molar-refractivity contribution in [1.82, 2.24) is 15.3 Å². The number of aromatic nitrogens is 2. The van der Waals surface area contributed by atoms with E-state index >= 15 is 0 Å². The van der Waals surface area contributed by atoms with Crippen LogP contribution < -0.4 is 5.32 Å². The molecule has 1 amide bonds. The molecule has 3 rings (SSSR count). The summed E-state index contributed by atoms with van der Waals surface area (Å²) < 4.78 is 6.65. The predicted octanol–water partition coefficient (Wildman–Crippen LogP) is 3.67. The van der Waals surface area contributed by atoms with Gasteiger partial charge in [-0.15, -0.1) is 0 Å². The quantitative estimate of drug-likeness (QED) is 0.727. The number of oxazole rings is 1. The Bertz CT molecular complexity index is 846. The van der Waals surface area contributed by atoms with Crippen molar-refractivity contribution in [2.45, 2.75) is 19.9 Å². The summed E-state index contributed by atoms with van der Waals surface area (Å²) in [5.41, 5.74) is 2.47. The number of carbonyl (C=O) groups is 1. The Labute approximate surface area is 148 Å². The fourth-order valence-corrected chi connectivity index (χ4v) is 2.65. The van der Waals surface area contributed by atoms with E-state index in [1.807, 2.05) is 43.3 Å². The van der Waals surface area contributed by atoms with Gasteiger partial charge in [-0.3, -0.25) is 9.78 Å². The highest BCUT2D eigenvalue weighted by Gasteiger charge is 2.14. The van der Waals surface area contributed by atoms with Crippen LogP contribution in [0.25, 0.3) is 11.5 Å². The third-order valence-electron chi connectivity index (χ3n) is 3.50. The van der Waals surface area contributed by atoms with Gasteiger partial charge in [0, 0.05) is 29.0 Å². The van der Waals surface area contributed by atoms with Crippen LogP contribution in [-0.4, -0.2) is 15.9 Å². The number of hydrogen-bond donors (Lipinski definition) is 1. The van der Waals surface area contributed by atoms with E-state index in [1.54, 1.807) is 12.4 Å². The van der Waals surface area contributed by atoms with Crippen molar-refractivity contribution in [1.29, 1.82) is 0 Å². The summed E-state index contributed by atoms with van der Waals surface area (Å²) in [6, 6.07) is 11.5. The molecule has 0 radical (unpaired) electrons. The van der Waals surface area contributed by atoms with Crippen LogP contribution in [0.15, 0.2) is 57.7 Å². The first-order valence-corrected chi connectivity index (χ1v) is 8.29. The maximum atomic E-state index is 12.1. The van der Waals surface area contributed by atoms with Crippen molar-refractivity contribution < 1.29 is 9.21 Å². The Morgan fingerprint density at radius 2 is 2.17 bits per heavy atom. The van der Waals surface area contributed by atoms with E-state index in [1.165, 1.54) is 0 Å². The summed E-state index contributed by atoms with van der Waals surface area (Å²) in [6.07, 6.45) is 3.62. The summed E-state index contributed by atoms with van der Waals surface area (Å²) >= 11 is 3.43. The maximum absolute atomic E-state index is 12.1. The molecule has 0 atom stereocenters. The molecule has 0 aliphatic heterocycles. The molecule has 0 unspecified atom stereocenters. The van der Waals surface area contributed by atoms with E-state index in [0.29, 0.717) is 23.9 Å². The molecule has 0 spiro atoms. The summed E-state index contributed by atoms with van der Waals surface area (Å²) in [5.74, 6) is 1.07. The first-order chi connectivity index (χ1) is 11.6. The maximum Gasteiger partial charge on any atom is 0.226 e. The molecule has 0 saturated heterocycles. The monoisotopic (exact) mass is 385 g/mol. The van der Waals surface area contributed by atoms with Crippen molar-refractivity contribution in [3.05, 3.63) is 70.3 Å². The van der Waals surface area contributed by atoms with Crippen molar-refractivity contribution in [2.75, 3.05) is 0 Å². The molecule has 5 nitrogen and oxygen atoms in total. The van der Waals surface area contributed by atoms with E-state index in [-0.39, 0.29) is 12.3 Å². The molecule has 2 aromatic heterocycles. The highest BCUT2D eigenvalue weighted by Crippen LogP contribution is 2.24. The van der Waals surface area contributed by atoms with Gasteiger partial charge in [0.15, 0.2) is 0 Å². The van der Waals surface area contributed by atoms with Crippen molar-refractivity contribution in [3.8, 4) is 11.5 Å². The predicted molar refractivity (Wildman–Crippen MR) is 94.2 cm³/mol. The van der Waals surface area contributed by atoms with Crippen LogP contribution in [-0.2, 0) is 17.8 Å². The number of hydrogen-bond acceptors (Lipinski definition) is 4. The van der Waals surface area contributed by atoms with E-state index in [4.69, 9.17) is 4.42 Å². The zero-order valence-electron chi connectivity index (χ0n) is 13.1. The Hall–Kier alpha value is -2.47. The second-order valence-corrected chi connectivity index (χ2v) is 6.26. The van der Waals surface area contributed by atoms with E-state index in [9.17, 15) is 4.79 Å². The number of nitrogens with one attached hydrogen (secondary N) is 1. The van der Waals surface area contributed by atoms with Crippen molar-refractivity contribution in [2.24, 2.45) is 0 Å². The molecule has 1 N–H and O–H groups in total. The lowest BCUT2D eigenvalue weighted by atomic mass is 10.2. The minimum atomic E-state index is -0.101. The molecule has 0 aliphatic carbocycles. The number of benzene rings is 1. The zero-order chi connectivity index (χ0) is 16.9. The van der Waals surface area contributed by atoms with Gasteiger partial charge in [0.2, 0.25) is 11.8 Å². The van der Waals surface area contributed by atoms with Gasteiger partial charge >= 0.3 is 0 Å². The van der Waals surface area contributed by atoms with Gasteiger partial charge in [0.25, 0.3) is 0 Å². The van der Waals surface area contributed by atoms with E-state index < -0.39 is 0 Å². The average molecular weight is 386 g/mol. The van der Waals surface area contributed by atoms with Gasteiger partial charge in [-0.25, -0.2) is 4.98 Å². The number of carbonyl (C=O) groups excluding carboxylic acids is 1. The van der Waals surface area contributed by atoms with Crippen LogP contribution >= 0.6 is 15.9 Å². The first-order valence-electron chi connectivity index (χ1n) is 7.49. The number of rotatable bonds is 5. The number of aryl methyl sites for hydroxylation is 1. The molecule has 2 heterocycles. The van der Waals surface area contributed by atoms with Gasteiger partial charge in [-0.1, -0.05) is 28.1 Å². The summed E-state index contributed by atoms with van der Waals surface area (Å²) in [6.45, 7) is 2.26. The molecule has 0 saturated carbocycles. The molecule has 122 valence electrons. The molecule has 24 heavy (non-hydrogen) atoms. The lowest BCUT2D eigenvalue weighted by Crippen LogP contribution is -2.25. The number of halogens is 1. The lowest BCUT2D eigenvalue weighted by molar-refractivity contribution is -0.120. The molecule has 1 aromatic carbocycles. The molecule has 0 aliphatic rings. The van der Waals surface area contributed by atoms with E-state index in [2.05, 4.69) is 31.2 Å². The van der Waals surface area contributed by atoms with Crippen molar-refractivity contribution in [3.63, 3.8) is 0 Å². The molecule has 6 heteroatoms. The topological polar surface area (TPSA) is 68.0 Å². The zero-order valence-corrected chi connectivity index (χ0v) is 14.7. The van der Waals surface area contributed by atoms with Crippen LogP contribution in [0.1, 0.15) is 17.0 Å². The first kappa shape index (κ1) is 16.4. The Kier molecular flexibility index (Phi) is 5.05. The molecule has 0 bridgehead atoms. The third-order valence-corrected chi connectivity index (χ3v) is 4.00. The van der Waals surface area contributed by atoms with Gasteiger partial charge in [-0.2, -0.15) is 0 Å². The second-order valence-electron chi connectivity index (χ2n) is 5.35. The smallest absolute Gasteiger partial charge is 0.226 e. The van der Waals surface area contributed by atoms with Crippen LogP contribution in [0.2, 0.25) is 0 Å². The number of pyridine rings is 1. The molecule has 0 fully saturated rings. The van der Waals surface area contributed by atoms with Crippen LogP contribution in [0.3, 0.4) is 0 Å². The third kappa shape index (κ3) is 4.08. The SMILES string of the molecule is Cc1oc(-c2cccc(Br)c2)nc1CC(=O)NCc1cccnc1. The standard InChI is InChI=1S/C18H16BrN3O2/c1-12-16(9-17(23)21-11-13-4-3-7-20-10-13)22-18(24-12)14-5-2-6-15(19)8-14/h2-8,10H,9,11H2,1H3,(H,21,23). The minimum Gasteiger partial charge on any atom is -0.441 e. The average Bonchev–Trinajstić information content (AvgIpc) is 2.95. The summed E-state index contributed by atoms with van der Waals surface area (Å²) in [4.78, 5) is 20.6. The lowest BCUT2D eigenvalue weighted by Gasteiger charge is -2.03. The number of amides is 1. The minimum absolute atomic E-state index is 0.101. The normalized spacial score (nSPS) is 10.6. The highest BCUT2D eigenvalue weighted by atomic mass is 79.9. The van der Waals surface area contributed by atoms with Crippen LogP contribution in [0, 0.1) is 6.92 Å². The number of nitrogens with zero attached hydrogens (tertiary/aromatic N) is 2. The van der Waals surface area contributed by atoms with Gasteiger partial charge in [0.05, 0.1) is 12.1 Å². The fourth-order valence-electron chi connectivity index (χ4n) is 2.25. The second kappa shape index (κ2) is 7.40. The fraction of sp³-hybridized carbons (Fsp3) is 0.167. The highest BCUT2D eigenvalue weighted by molar-refractivity contribution is 9.10. The Morgan fingerprint density at radius 3 is 2.92 bits per heavy atom. The van der Waals surface area contributed by atoms with Gasteiger partial charge < -0.3 is 9.73 Å². The Balaban J connectivity index is 1.66. The van der Waals surface area contributed by atoms with E-state index in [0.717, 1.165) is 15.6 Å². The van der Waals surface area contributed by atoms with Crippen molar-refractivity contribution >= 4 is 21.8 Å². The summed E-state index contributed by atoms with van der Waals surface area (Å²) in [5, 5.41) is 2.86. The van der Waals surface area contributed by atoms with Crippen LogP contribution in [0.5, 0.6) is 0 Å². The van der Waals surface area contributed by atoms with Gasteiger partial charge in [0.1, 0.15) is 5.76 Å². The molecule has 3 aromatic rings. The molecular formula is C18H16BrN3O2. The summed E-state index contributed by atoms with van der Waals surface area (Å²) in [7, 11) is 0. The Morgan fingerprint density at radius 1 is 1.29 bits per heavy atom. The largest absolute Gasteiger partial charge is 0.441 e. The molecular weight excluding hydrogens is 370 g/mol.